The standard InChI is InChI=1S/2C12H27N.4ClH.4Mn.2H2O.10O/c2*1-2-3-4-5-6-7-8-9-10-11-12-13;;;;;;;;;;;;;;;;;;;;/h2*2-13H2,1H3;4*1H;;;;;2*1H2;;;;;;;;;;/q;;;;;;2*+1;2*+2;;;;;;;;;;;2*-1/p-4. The van der Waals surface area contributed by atoms with Crippen LogP contribution in [0.25, 0.3) is 0 Å². The fraction of sp³-hybridized carbons (Fsp3) is 1.00. The molecule has 0 saturated carbocycles. The van der Waals surface area contributed by atoms with Gasteiger partial charge in [0.1, 0.15) is 0 Å². The quantitative estimate of drug-likeness (QED) is 0.0963. The topological polar surface area (TPSA) is 278 Å². The zero-order chi connectivity index (χ0) is 37.6. The van der Waals surface area contributed by atoms with Crippen LogP contribution in [0.3, 0.4) is 0 Å². The molecule has 8 N–H and O–H groups in total. The third-order valence-electron chi connectivity index (χ3n) is 5.21. The van der Waals surface area contributed by atoms with E-state index < -0.39 is 48.5 Å². The molecule has 292 valence electrons. The van der Waals surface area contributed by atoms with Crippen molar-refractivity contribution < 1.29 is 107 Å². The molecule has 14 nitrogen and oxygen atoms in total. The first kappa shape index (κ1) is 59.5. The van der Waals surface area contributed by atoms with Gasteiger partial charge in [0, 0.05) is 0 Å². The predicted octanol–water partition coefficient (Wildman–Crippen LogP) is 4.60. The fourth-order valence-corrected chi connectivity index (χ4v) is 3.33. The normalized spacial score (nSPS) is 11.0. The van der Waals surface area contributed by atoms with Crippen LogP contribution in [0.5, 0.6) is 0 Å². The minimum absolute atomic E-state index is 1.12. The maximum absolute atomic E-state index is 9.01. The summed E-state index contributed by atoms with van der Waals surface area (Å²) in [6.45, 7) is 6.80. The summed E-state index contributed by atoms with van der Waals surface area (Å²) in [5, 5.41) is 0. The second-order valence-corrected chi connectivity index (χ2v) is 20.1. The monoisotopic (exact) mass is 926 g/mol. The first-order valence-corrected chi connectivity index (χ1v) is 27.2. The molecule has 0 aliphatic heterocycles. The summed E-state index contributed by atoms with van der Waals surface area (Å²) in [7, 11) is 16.2. The number of halogens is 4. The summed E-state index contributed by atoms with van der Waals surface area (Å²) in [4.78, 5) is 0. The van der Waals surface area contributed by atoms with E-state index in [0.29, 0.717) is 0 Å². The Kier molecular flexibility index (Phi) is 55.1. The van der Waals surface area contributed by atoms with Gasteiger partial charge in [-0.25, -0.2) is 0 Å². The Morgan fingerprint density at radius 3 is 0.630 bits per heavy atom. The zero-order valence-corrected chi connectivity index (χ0v) is 34.7. The van der Waals surface area contributed by atoms with E-state index in [1.54, 1.807) is 0 Å². The Balaban J connectivity index is -0.000000112. The molecule has 0 aromatic carbocycles. The third-order valence-corrected chi connectivity index (χ3v) is 5.21. The van der Waals surface area contributed by atoms with Gasteiger partial charge in [-0.15, -0.1) is 0 Å². The van der Waals surface area contributed by atoms with E-state index in [4.69, 9.17) is 47.4 Å². The maximum atomic E-state index is 9.01. The molecule has 0 rings (SSSR count). The molecule has 22 heteroatoms. The van der Waals surface area contributed by atoms with Crippen LogP contribution in [-0.2, 0) is 79.2 Å². The van der Waals surface area contributed by atoms with Crippen molar-refractivity contribution in [2.24, 2.45) is 0 Å². The van der Waals surface area contributed by atoms with Crippen molar-refractivity contribution in [3.05, 3.63) is 0 Å². The molecule has 0 radical (unpaired) electrons. The van der Waals surface area contributed by atoms with Crippen molar-refractivity contribution in [3.63, 3.8) is 0 Å². The van der Waals surface area contributed by atoms with E-state index in [9.17, 15) is 0 Å². The van der Waals surface area contributed by atoms with Crippen LogP contribution in [0.15, 0.2) is 0 Å². The van der Waals surface area contributed by atoms with Crippen LogP contribution >= 0.6 is 40.4 Å². The summed E-state index contributed by atoms with van der Waals surface area (Å²) in [5.41, 5.74) is 7.71. The van der Waals surface area contributed by atoms with E-state index in [1.807, 2.05) is 0 Å². The average molecular weight is 928 g/mol. The summed E-state index contributed by atoms with van der Waals surface area (Å²) < 4.78 is 104. The van der Waals surface area contributed by atoms with Gasteiger partial charge < -0.3 is 11.5 Å². The Bertz CT molecular complexity index is 828. The van der Waals surface area contributed by atoms with E-state index in [2.05, 4.69) is 65.7 Å². The average Bonchev–Trinajstić information content (AvgIpc) is 2.83. The molecule has 46 heavy (non-hydrogen) atoms. The van der Waals surface area contributed by atoms with Gasteiger partial charge in [-0.1, -0.05) is 117 Å². The summed E-state index contributed by atoms with van der Waals surface area (Å²) >= 11 is -19.1. The van der Waals surface area contributed by atoms with Gasteiger partial charge in [0.25, 0.3) is 0 Å². The molecule has 0 heterocycles. The summed E-state index contributed by atoms with van der Waals surface area (Å²) in [6.07, 6.45) is 28.5. The SMILES string of the molecule is CCCCCCCCCCCC[NH3+].CCCCCCCCCCCC[NH3+].[O]=[Mn](=[O])([O-])[Cl].[O]=[Mn](=[O])([O-])[Cl].[O]=[Mn](=[O])([OH])[Cl].[O]=[Mn](=[O])([OH])[Cl]. The van der Waals surface area contributed by atoms with Crippen molar-refractivity contribution in [1.29, 1.82) is 0 Å². The van der Waals surface area contributed by atoms with Crippen molar-refractivity contribution in [2.45, 2.75) is 142 Å². The van der Waals surface area contributed by atoms with Gasteiger partial charge in [-0.2, -0.15) is 0 Å². The van der Waals surface area contributed by atoms with Crippen molar-refractivity contribution in [3.8, 4) is 0 Å². The molecular weight excluding hydrogens is 870 g/mol. The van der Waals surface area contributed by atoms with Crippen LogP contribution in [0.2, 0.25) is 0 Å². The molecule has 0 unspecified atom stereocenters. The number of quaternary nitrogens is 2. The number of hydrogen-bond acceptors (Lipinski definition) is 10. The van der Waals surface area contributed by atoms with Gasteiger partial charge in [-0.05, 0) is 25.7 Å². The number of hydrogen-bond donors (Lipinski definition) is 4. The Morgan fingerprint density at radius 2 is 0.522 bits per heavy atom. The van der Waals surface area contributed by atoms with Gasteiger partial charge >= 0.3 is 136 Å². The van der Waals surface area contributed by atoms with E-state index >= 15 is 0 Å². The second kappa shape index (κ2) is 42.6. The van der Waals surface area contributed by atoms with Crippen LogP contribution in [0.1, 0.15) is 142 Å². The molecule has 0 saturated heterocycles. The van der Waals surface area contributed by atoms with Crippen LogP contribution < -0.4 is 19.8 Å². The molecule has 0 aromatic rings. The number of rotatable bonds is 20. The molecule has 0 bridgehead atoms. The zero-order valence-electron chi connectivity index (χ0n) is 27.0. The molecular formula is C24H58Cl4Mn4N2O12. The number of unbranched alkanes of at least 4 members (excludes halogenated alkanes) is 18. The molecule has 0 fully saturated rings. The first-order chi connectivity index (χ1) is 20.8. The molecule has 0 aliphatic rings. The van der Waals surface area contributed by atoms with Crippen molar-refractivity contribution >= 4 is 40.4 Å². The summed E-state index contributed by atoms with van der Waals surface area (Å²) in [5.74, 6) is 0. The molecule has 0 amide bonds. The van der Waals surface area contributed by atoms with Gasteiger partial charge in [0.2, 0.25) is 0 Å². The predicted molar refractivity (Wildman–Crippen MR) is 153 cm³/mol. The second-order valence-electron chi connectivity index (χ2n) is 9.56. The third kappa shape index (κ3) is 195. The van der Waals surface area contributed by atoms with Crippen LogP contribution in [0.4, 0.5) is 0 Å². The molecule has 0 spiro atoms. The van der Waals surface area contributed by atoms with Crippen molar-refractivity contribution in [2.75, 3.05) is 13.1 Å². The molecule has 0 atom stereocenters. The van der Waals surface area contributed by atoms with Gasteiger partial charge in [0.05, 0.1) is 13.1 Å². The minimum atomic E-state index is -4.90. The fourth-order valence-electron chi connectivity index (χ4n) is 3.33. The Labute approximate surface area is 300 Å². The Hall–Kier alpha value is 1.40. The van der Waals surface area contributed by atoms with E-state index in [-0.39, 0.29) is 0 Å². The first-order valence-electron chi connectivity index (χ1n) is 14.9. The van der Waals surface area contributed by atoms with E-state index in [0.717, 1.165) is 13.1 Å². The van der Waals surface area contributed by atoms with Crippen molar-refractivity contribution in [1.82, 2.24) is 0 Å². The summed E-state index contributed by atoms with van der Waals surface area (Å²) in [6, 6.07) is 0. The van der Waals surface area contributed by atoms with E-state index in [1.165, 1.54) is 128 Å². The molecule has 0 aliphatic carbocycles. The Morgan fingerprint density at radius 1 is 0.413 bits per heavy atom. The van der Waals surface area contributed by atoms with Crippen LogP contribution in [-0.4, -0.2) is 21.5 Å². The van der Waals surface area contributed by atoms with Gasteiger partial charge in [-0.3, -0.25) is 0 Å². The molecule has 0 aromatic heterocycles. The van der Waals surface area contributed by atoms with Gasteiger partial charge in [0.15, 0.2) is 0 Å². The van der Waals surface area contributed by atoms with Crippen LogP contribution in [0, 0.1) is 0 Å².